The number of aromatic amines is 1. The van der Waals surface area contributed by atoms with Gasteiger partial charge in [-0.3, -0.25) is 14.3 Å². The summed E-state index contributed by atoms with van der Waals surface area (Å²) in [7, 11) is 0. The lowest BCUT2D eigenvalue weighted by molar-refractivity contribution is 0.619. The quantitative estimate of drug-likeness (QED) is 0.732. The second kappa shape index (κ2) is 4.48. The third kappa shape index (κ3) is 1.98. The normalized spacial score (nSPS) is 15.5. The van der Waals surface area contributed by atoms with Crippen molar-refractivity contribution in [1.29, 1.82) is 0 Å². The van der Waals surface area contributed by atoms with Gasteiger partial charge in [0, 0.05) is 6.54 Å². The molecule has 0 aromatic carbocycles. The van der Waals surface area contributed by atoms with Gasteiger partial charge in [0.15, 0.2) is 0 Å². The molecule has 1 aromatic heterocycles. The Kier molecular flexibility index (Phi) is 3.03. The van der Waals surface area contributed by atoms with E-state index in [1.165, 1.54) is 4.57 Å². The summed E-state index contributed by atoms with van der Waals surface area (Å²) in [4.78, 5) is 26.4. The highest BCUT2D eigenvalue weighted by molar-refractivity contribution is 5.74. The molecule has 0 amide bonds. The van der Waals surface area contributed by atoms with Crippen LogP contribution >= 0.6 is 0 Å². The minimum Gasteiger partial charge on any atom is -0.335 e. The lowest BCUT2D eigenvalue weighted by Gasteiger charge is -2.04. The Balaban J connectivity index is 2.50. The van der Waals surface area contributed by atoms with Gasteiger partial charge >= 0.3 is 5.69 Å². The van der Waals surface area contributed by atoms with Gasteiger partial charge in [-0.2, -0.15) is 0 Å². The molecule has 6 heteroatoms. The Labute approximate surface area is 98.4 Å². The van der Waals surface area contributed by atoms with Crippen LogP contribution in [0.15, 0.2) is 21.5 Å². The van der Waals surface area contributed by atoms with E-state index < -0.39 is 0 Å². The van der Waals surface area contributed by atoms with E-state index in [1.54, 1.807) is 0 Å². The maximum atomic E-state index is 12.0. The van der Waals surface area contributed by atoms with Crippen LogP contribution < -0.4 is 21.9 Å². The fraction of sp³-hybridized carbons (Fsp3) is 0.455. The highest BCUT2D eigenvalue weighted by atomic mass is 16.2. The molecule has 17 heavy (non-hydrogen) atoms. The molecule has 0 saturated heterocycles. The zero-order valence-electron chi connectivity index (χ0n) is 9.96. The smallest absolute Gasteiger partial charge is 0.330 e. The maximum absolute atomic E-state index is 12.0. The lowest BCUT2D eigenvalue weighted by Crippen LogP contribution is -2.35. The molecule has 0 bridgehead atoms. The van der Waals surface area contributed by atoms with Crippen molar-refractivity contribution in [3.8, 4) is 0 Å². The first kappa shape index (κ1) is 11.5. The number of nitrogens with zero attached hydrogens (tertiary/aromatic N) is 1. The van der Waals surface area contributed by atoms with E-state index in [0.29, 0.717) is 18.1 Å². The number of rotatable bonds is 3. The van der Waals surface area contributed by atoms with Crippen LogP contribution in [0.2, 0.25) is 0 Å². The van der Waals surface area contributed by atoms with E-state index in [4.69, 9.17) is 0 Å². The average molecular weight is 236 g/mol. The van der Waals surface area contributed by atoms with Crippen LogP contribution in [0, 0.1) is 0 Å². The number of anilines is 2. The summed E-state index contributed by atoms with van der Waals surface area (Å²) in [6.07, 6.45) is 3.51. The van der Waals surface area contributed by atoms with Gasteiger partial charge in [-0.15, -0.1) is 0 Å². The van der Waals surface area contributed by atoms with E-state index >= 15 is 0 Å². The second-order valence-electron chi connectivity index (χ2n) is 3.91. The van der Waals surface area contributed by atoms with Crippen molar-refractivity contribution in [1.82, 2.24) is 9.55 Å². The van der Waals surface area contributed by atoms with Crippen LogP contribution in [0.3, 0.4) is 0 Å². The Morgan fingerprint density at radius 2 is 2.00 bits per heavy atom. The van der Waals surface area contributed by atoms with Crippen molar-refractivity contribution in [2.45, 2.75) is 33.2 Å². The van der Waals surface area contributed by atoms with Crippen molar-refractivity contribution in [2.75, 3.05) is 10.6 Å². The first-order valence-corrected chi connectivity index (χ1v) is 5.78. The lowest BCUT2D eigenvalue weighted by atomic mass is 10.4. The third-order valence-electron chi connectivity index (χ3n) is 2.56. The second-order valence-corrected chi connectivity index (χ2v) is 3.91. The monoisotopic (exact) mass is 236 g/mol. The Hall–Kier alpha value is -1.98. The highest BCUT2D eigenvalue weighted by Crippen LogP contribution is 2.22. The molecular formula is C11H16N4O2. The van der Waals surface area contributed by atoms with E-state index in [9.17, 15) is 9.59 Å². The van der Waals surface area contributed by atoms with E-state index in [0.717, 1.165) is 18.7 Å². The molecule has 2 rings (SSSR count). The number of allylic oxidation sites excluding steroid dienone is 1. The predicted octanol–water partition coefficient (Wildman–Crippen LogP) is 1.04. The minimum atomic E-state index is -0.373. The minimum absolute atomic E-state index is 0.280. The molecule has 0 saturated carbocycles. The Morgan fingerprint density at radius 1 is 1.24 bits per heavy atom. The molecule has 1 aliphatic heterocycles. The SMILES string of the molecule is CCC=C1Nc2[nH]c(=O)n(CCC)c(=O)c2N1. The standard InChI is InChI=1S/C11H16N4O2/c1-3-5-7-12-8-9(13-7)14-11(17)15(6-4-2)10(8)16/h5,12-13H,3-4,6H2,1-2H3,(H,14,17). The zero-order chi connectivity index (χ0) is 12.4. The molecule has 1 aliphatic rings. The number of fused-ring (bicyclic) bond motifs is 1. The third-order valence-corrected chi connectivity index (χ3v) is 2.56. The summed E-state index contributed by atoms with van der Waals surface area (Å²) in [5.41, 5.74) is -0.238. The fourth-order valence-electron chi connectivity index (χ4n) is 1.81. The largest absolute Gasteiger partial charge is 0.335 e. The summed E-state index contributed by atoms with van der Waals surface area (Å²) < 4.78 is 1.21. The summed E-state index contributed by atoms with van der Waals surface area (Å²) in [5.74, 6) is 1.19. The number of hydrogen-bond donors (Lipinski definition) is 3. The molecule has 1 aromatic rings. The van der Waals surface area contributed by atoms with Gasteiger partial charge in [-0.25, -0.2) is 4.79 Å². The first-order valence-electron chi connectivity index (χ1n) is 5.78. The van der Waals surface area contributed by atoms with Crippen LogP contribution in [-0.2, 0) is 6.54 Å². The molecule has 0 radical (unpaired) electrons. The van der Waals surface area contributed by atoms with Gasteiger partial charge < -0.3 is 10.6 Å². The van der Waals surface area contributed by atoms with Crippen LogP contribution in [0.25, 0.3) is 0 Å². The number of H-pyrrole nitrogens is 1. The number of hydrogen-bond acceptors (Lipinski definition) is 4. The van der Waals surface area contributed by atoms with Crippen molar-refractivity contribution >= 4 is 11.5 Å². The van der Waals surface area contributed by atoms with E-state index in [-0.39, 0.29) is 11.2 Å². The van der Waals surface area contributed by atoms with Crippen molar-refractivity contribution < 1.29 is 0 Å². The van der Waals surface area contributed by atoms with Crippen LogP contribution in [0.4, 0.5) is 11.5 Å². The molecule has 3 N–H and O–H groups in total. The predicted molar refractivity (Wildman–Crippen MR) is 67.2 cm³/mol. The van der Waals surface area contributed by atoms with Gasteiger partial charge in [0.25, 0.3) is 5.56 Å². The van der Waals surface area contributed by atoms with Crippen molar-refractivity contribution in [3.05, 3.63) is 32.7 Å². The van der Waals surface area contributed by atoms with Crippen LogP contribution in [-0.4, -0.2) is 9.55 Å². The topological polar surface area (TPSA) is 78.9 Å². The van der Waals surface area contributed by atoms with E-state index in [1.807, 2.05) is 19.9 Å². The maximum Gasteiger partial charge on any atom is 0.330 e. The highest BCUT2D eigenvalue weighted by Gasteiger charge is 2.20. The van der Waals surface area contributed by atoms with Crippen molar-refractivity contribution in [3.63, 3.8) is 0 Å². The molecular weight excluding hydrogens is 220 g/mol. The zero-order valence-corrected chi connectivity index (χ0v) is 9.96. The summed E-state index contributed by atoms with van der Waals surface area (Å²) in [6.45, 7) is 4.35. The molecule has 6 nitrogen and oxygen atoms in total. The number of aromatic nitrogens is 2. The summed E-state index contributed by atoms with van der Waals surface area (Å²) in [5, 5.41) is 5.94. The van der Waals surface area contributed by atoms with E-state index in [2.05, 4.69) is 15.6 Å². The molecule has 0 fully saturated rings. The summed E-state index contributed by atoms with van der Waals surface area (Å²) >= 11 is 0. The van der Waals surface area contributed by atoms with Gasteiger partial charge in [0.2, 0.25) is 0 Å². The first-order chi connectivity index (χ1) is 8.17. The van der Waals surface area contributed by atoms with Crippen LogP contribution in [0.5, 0.6) is 0 Å². The molecule has 2 heterocycles. The molecule has 0 spiro atoms. The molecule has 0 unspecified atom stereocenters. The average Bonchev–Trinajstić information content (AvgIpc) is 2.67. The molecule has 92 valence electrons. The van der Waals surface area contributed by atoms with Gasteiger partial charge in [-0.05, 0) is 18.9 Å². The fourth-order valence-corrected chi connectivity index (χ4v) is 1.81. The molecule has 0 aliphatic carbocycles. The van der Waals surface area contributed by atoms with Gasteiger partial charge in [0.1, 0.15) is 17.3 Å². The Bertz CT molecular complexity index is 568. The summed E-state index contributed by atoms with van der Waals surface area (Å²) in [6, 6.07) is 0. The van der Waals surface area contributed by atoms with Crippen LogP contribution in [0.1, 0.15) is 26.7 Å². The molecule has 0 atom stereocenters. The number of nitrogens with one attached hydrogen (secondary N) is 3. The van der Waals surface area contributed by atoms with Gasteiger partial charge in [0.05, 0.1) is 0 Å². The Morgan fingerprint density at radius 3 is 2.65 bits per heavy atom. The van der Waals surface area contributed by atoms with Gasteiger partial charge in [-0.1, -0.05) is 13.8 Å². The van der Waals surface area contributed by atoms with Crippen molar-refractivity contribution in [2.24, 2.45) is 0 Å².